The van der Waals surface area contributed by atoms with Crippen molar-refractivity contribution in [3.8, 4) is 0 Å². The maximum absolute atomic E-state index is 12.1. The average Bonchev–Trinajstić information content (AvgIpc) is 2.70. The molecule has 0 spiro atoms. The summed E-state index contributed by atoms with van der Waals surface area (Å²) in [7, 11) is -3.01. The molecule has 21 heavy (non-hydrogen) atoms. The first-order chi connectivity index (χ1) is 9.78. The second-order valence-corrected chi connectivity index (χ2v) is 8.47. The van der Waals surface area contributed by atoms with E-state index in [2.05, 4.69) is 5.32 Å². The Kier molecular flexibility index (Phi) is 4.75. The Morgan fingerprint density at radius 1 is 1.43 bits per heavy atom. The third-order valence-corrected chi connectivity index (χ3v) is 5.31. The van der Waals surface area contributed by atoms with Crippen LogP contribution in [0.15, 0.2) is 18.2 Å². The summed E-state index contributed by atoms with van der Waals surface area (Å²) >= 11 is 7.18. The number of nitrogen functional groups attached to an aromatic ring is 1. The van der Waals surface area contributed by atoms with Crippen LogP contribution in [0.3, 0.4) is 0 Å². The van der Waals surface area contributed by atoms with E-state index in [1.54, 1.807) is 18.2 Å². The molecule has 5 nitrogen and oxygen atoms in total. The zero-order chi connectivity index (χ0) is 15.6. The van der Waals surface area contributed by atoms with Crippen LogP contribution < -0.4 is 11.1 Å². The quantitative estimate of drug-likeness (QED) is 0.813. The van der Waals surface area contributed by atoms with Gasteiger partial charge in [-0.25, -0.2) is 8.42 Å². The average molecular weight is 347 g/mol. The van der Waals surface area contributed by atoms with Crippen molar-refractivity contribution >= 4 is 54.5 Å². The molecule has 0 bridgehead atoms. The fraction of sp³-hybridized carbons (Fsp3) is 0.308. The van der Waals surface area contributed by atoms with Gasteiger partial charge in [0.25, 0.3) is 5.91 Å². The number of nitrogens with two attached hydrogens (primary N) is 1. The molecule has 1 aromatic carbocycles. The number of benzene rings is 1. The van der Waals surface area contributed by atoms with E-state index in [0.29, 0.717) is 28.6 Å². The number of anilines is 1. The van der Waals surface area contributed by atoms with Gasteiger partial charge in [0, 0.05) is 27.9 Å². The highest BCUT2D eigenvalue weighted by molar-refractivity contribution is 7.90. The number of nitrogens with one attached hydrogen (secondary N) is 1. The molecule has 1 heterocycles. The molecule has 2 aromatic rings. The van der Waals surface area contributed by atoms with Crippen molar-refractivity contribution in [2.45, 2.75) is 6.42 Å². The monoisotopic (exact) mass is 346 g/mol. The summed E-state index contributed by atoms with van der Waals surface area (Å²) in [6.07, 6.45) is 1.55. The predicted molar refractivity (Wildman–Crippen MR) is 87.9 cm³/mol. The Balaban J connectivity index is 2.07. The van der Waals surface area contributed by atoms with Crippen LogP contribution in [0.25, 0.3) is 10.1 Å². The third kappa shape index (κ3) is 4.09. The molecule has 114 valence electrons. The molecule has 1 amide bonds. The molecule has 0 fully saturated rings. The van der Waals surface area contributed by atoms with Crippen LogP contribution in [0.2, 0.25) is 5.02 Å². The van der Waals surface area contributed by atoms with Gasteiger partial charge in [-0.2, -0.15) is 0 Å². The topological polar surface area (TPSA) is 89.3 Å². The molecule has 8 heteroatoms. The number of hydrogen-bond donors (Lipinski definition) is 2. The normalized spacial score (nSPS) is 11.7. The zero-order valence-corrected chi connectivity index (χ0v) is 13.7. The van der Waals surface area contributed by atoms with Crippen LogP contribution in [0, 0.1) is 0 Å². The first-order valence-electron chi connectivity index (χ1n) is 6.21. The summed E-state index contributed by atoms with van der Waals surface area (Å²) in [6, 6.07) is 5.27. The molecule has 2 rings (SSSR count). The standard InChI is InChI=1S/C13H15ClN2O3S2/c1-21(18,19)6-2-5-16-13(17)12-11(15)9-4-3-8(14)7-10(9)20-12/h3-4,7H,2,5-6,15H2,1H3,(H,16,17). The van der Waals surface area contributed by atoms with Crippen molar-refractivity contribution in [2.24, 2.45) is 0 Å². The summed E-state index contributed by atoms with van der Waals surface area (Å²) < 4.78 is 22.9. The highest BCUT2D eigenvalue weighted by Crippen LogP contribution is 2.35. The van der Waals surface area contributed by atoms with Gasteiger partial charge in [0.15, 0.2) is 0 Å². The molecular formula is C13H15ClN2O3S2. The van der Waals surface area contributed by atoms with E-state index >= 15 is 0 Å². The highest BCUT2D eigenvalue weighted by Gasteiger charge is 2.16. The smallest absolute Gasteiger partial charge is 0.263 e. The van der Waals surface area contributed by atoms with Gasteiger partial charge in [-0.3, -0.25) is 4.79 Å². The lowest BCUT2D eigenvalue weighted by Gasteiger charge is -2.03. The predicted octanol–water partition coefficient (Wildman–Crippen LogP) is 2.30. The first-order valence-corrected chi connectivity index (χ1v) is 9.47. The van der Waals surface area contributed by atoms with E-state index in [4.69, 9.17) is 17.3 Å². The van der Waals surface area contributed by atoms with E-state index in [0.717, 1.165) is 10.1 Å². The minimum atomic E-state index is -3.01. The summed E-state index contributed by atoms with van der Waals surface area (Å²) in [5.74, 6) is -0.247. The van der Waals surface area contributed by atoms with Crippen LogP contribution in [-0.2, 0) is 9.84 Å². The number of thiophene rings is 1. The molecule has 0 aliphatic rings. The Morgan fingerprint density at radius 2 is 2.14 bits per heavy atom. The van der Waals surface area contributed by atoms with Crippen molar-refractivity contribution in [3.05, 3.63) is 28.1 Å². The van der Waals surface area contributed by atoms with E-state index in [-0.39, 0.29) is 11.7 Å². The van der Waals surface area contributed by atoms with Crippen LogP contribution in [0.4, 0.5) is 5.69 Å². The van der Waals surface area contributed by atoms with Crippen molar-refractivity contribution in [3.63, 3.8) is 0 Å². The lowest BCUT2D eigenvalue weighted by atomic mass is 10.2. The van der Waals surface area contributed by atoms with Gasteiger partial charge in [0.1, 0.15) is 14.7 Å². The van der Waals surface area contributed by atoms with Gasteiger partial charge in [-0.05, 0) is 24.6 Å². The number of hydrogen-bond acceptors (Lipinski definition) is 5. The Hall–Kier alpha value is -1.31. The van der Waals surface area contributed by atoms with Gasteiger partial charge in [0.2, 0.25) is 0 Å². The van der Waals surface area contributed by atoms with Crippen LogP contribution in [-0.4, -0.2) is 32.9 Å². The number of rotatable bonds is 5. The SMILES string of the molecule is CS(=O)(=O)CCCNC(=O)c1sc2cc(Cl)ccc2c1N. The summed E-state index contributed by atoms with van der Waals surface area (Å²) in [6.45, 7) is 0.292. The summed E-state index contributed by atoms with van der Waals surface area (Å²) in [5.41, 5.74) is 6.40. The molecule has 0 radical (unpaired) electrons. The first kappa shape index (κ1) is 16.1. The number of halogens is 1. The molecule has 0 saturated carbocycles. The number of amides is 1. The van der Waals surface area contributed by atoms with Gasteiger partial charge < -0.3 is 11.1 Å². The number of carbonyl (C=O) groups is 1. The molecule has 1 aromatic heterocycles. The minimum Gasteiger partial charge on any atom is -0.397 e. The molecule has 0 saturated heterocycles. The Labute approximate surface area is 132 Å². The summed E-state index contributed by atoms with van der Waals surface area (Å²) in [5, 5.41) is 4.07. The Bertz CT molecular complexity index is 784. The lowest BCUT2D eigenvalue weighted by molar-refractivity contribution is 0.0958. The number of fused-ring (bicyclic) bond motifs is 1. The molecule has 0 aliphatic carbocycles. The van der Waals surface area contributed by atoms with E-state index in [1.165, 1.54) is 17.6 Å². The van der Waals surface area contributed by atoms with E-state index in [9.17, 15) is 13.2 Å². The van der Waals surface area contributed by atoms with Crippen LogP contribution in [0.5, 0.6) is 0 Å². The van der Waals surface area contributed by atoms with E-state index < -0.39 is 9.84 Å². The maximum atomic E-state index is 12.1. The largest absolute Gasteiger partial charge is 0.397 e. The third-order valence-electron chi connectivity index (χ3n) is 2.87. The van der Waals surface area contributed by atoms with Crippen LogP contribution in [0.1, 0.15) is 16.1 Å². The van der Waals surface area contributed by atoms with Gasteiger partial charge in [-0.1, -0.05) is 11.6 Å². The number of sulfone groups is 1. The van der Waals surface area contributed by atoms with Crippen molar-refractivity contribution in [1.82, 2.24) is 5.32 Å². The zero-order valence-electron chi connectivity index (χ0n) is 11.3. The van der Waals surface area contributed by atoms with Gasteiger partial charge in [0.05, 0.1) is 11.4 Å². The van der Waals surface area contributed by atoms with Gasteiger partial charge in [-0.15, -0.1) is 11.3 Å². The van der Waals surface area contributed by atoms with E-state index in [1.807, 2.05) is 0 Å². The van der Waals surface area contributed by atoms with Crippen molar-refractivity contribution in [1.29, 1.82) is 0 Å². The Morgan fingerprint density at radius 3 is 2.81 bits per heavy atom. The molecule has 0 atom stereocenters. The fourth-order valence-electron chi connectivity index (χ4n) is 1.88. The number of carbonyl (C=O) groups excluding carboxylic acids is 1. The molecular weight excluding hydrogens is 332 g/mol. The highest BCUT2D eigenvalue weighted by atomic mass is 35.5. The molecule has 3 N–H and O–H groups in total. The minimum absolute atomic E-state index is 0.0464. The fourth-order valence-corrected chi connectivity index (χ4v) is 3.86. The second-order valence-electron chi connectivity index (χ2n) is 4.72. The molecule has 0 aliphatic heterocycles. The van der Waals surface area contributed by atoms with Crippen LogP contribution >= 0.6 is 22.9 Å². The van der Waals surface area contributed by atoms with Crippen molar-refractivity contribution < 1.29 is 13.2 Å². The maximum Gasteiger partial charge on any atom is 0.263 e. The molecule has 0 unspecified atom stereocenters. The lowest BCUT2D eigenvalue weighted by Crippen LogP contribution is -2.25. The van der Waals surface area contributed by atoms with Crippen molar-refractivity contribution in [2.75, 3.05) is 24.3 Å². The summed E-state index contributed by atoms with van der Waals surface area (Å²) in [4.78, 5) is 12.5. The second kappa shape index (κ2) is 6.21. The van der Waals surface area contributed by atoms with Gasteiger partial charge >= 0.3 is 0 Å².